The van der Waals surface area contributed by atoms with Gasteiger partial charge in [0, 0.05) is 11.6 Å². The Labute approximate surface area is 124 Å². The molecule has 0 unspecified atom stereocenters. The molecule has 1 amide bonds. The summed E-state index contributed by atoms with van der Waals surface area (Å²) in [6, 6.07) is 2.94. The standard InChI is InChI=1S/C16H22F2N2O/c1-11-5-7-20(8-6-11)10-16(21)19-12(2)14-4-3-13(17)9-15(14)18/h3-4,9,11-12H,5-8,10H2,1-2H3,(H,19,21)/t12-/m0/s1. The van der Waals surface area contributed by atoms with E-state index in [2.05, 4.69) is 17.1 Å². The molecule has 1 heterocycles. The first-order valence-electron chi connectivity index (χ1n) is 7.42. The van der Waals surface area contributed by atoms with Crippen molar-refractivity contribution in [1.29, 1.82) is 0 Å². The maximum absolute atomic E-state index is 13.7. The van der Waals surface area contributed by atoms with E-state index in [1.165, 1.54) is 12.1 Å². The molecule has 5 heteroatoms. The topological polar surface area (TPSA) is 32.3 Å². The van der Waals surface area contributed by atoms with Gasteiger partial charge in [-0.05, 0) is 44.8 Å². The second kappa shape index (κ2) is 6.98. The lowest BCUT2D eigenvalue weighted by Crippen LogP contribution is -2.41. The number of amides is 1. The highest BCUT2D eigenvalue weighted by molar-refractivity contribution is 5.78. The Hall–Kier alpha value is -1.49. The summed E-state index contributed by atoms with van der Waals surface area (Å²) in [6.45, 7) is 6.10. The summed E-state index contributed by atoms with van der Waals surface area (Å²) in [6.07, 6.45) is 2.21. The molecule has 1 aliphatic rings. The summed E-state index contributed by atoms with van der Waals surface area (Å²) >= 11 is 0. The highest BCUT2D eigenvalue weighted by Gasteiger charge is 2.20. The van der Waals surface area contributed by atoms with Crippen molar-refractivity contribution in [2.45, 2.75) is 32.7 Å². The van der Waals surface area contributed by atoms with E-state index >= 15 is 0 Å². The largest absolute Gasteiger partial charge is 0.348 e. The lowest BCUT2D eigenvalue weighted by molar-refractivity contribution is -0.123. The zero-order valence-electron chi connectivity index (χ0n) is 12.5. The Morgan fingerprint density at radius 1 is 1.38 bits per heavy atom. The molecule has 1 saturated heterocycles. The highest BCUT2D eigenvalue weighted by atomic mass is 19.1. The van der Waals surface area contributed by atoms with Crippen LogP contribution >= 0.6 is 0 Å². The predicted molar refractivity (Wildman–Crippen MR) is 77.8 cm³/mol. The van der Waals surface area contributed by atoms with Gasteiger partial charge in [-0.2, -0.15) is 0 Å². The number of nitrogens with zero attached hydrogens (tertiary/aromatic N) is 1. The SMILES string of the molecule is CC1CCN(CC(=O)N[C@@H](C)c2ccc(F)cc2F)CC1. The molecule has 116 valence electrons. The molecule has 1 N–H and O–H groups in total. The molecule has 0 aromatic heterocycles. The Balaban J connectivity index is 1.87. The zero-order valence-corrected chi connectivity index (χ0v) is 12.5. The average Bonchev–Trinajstić information content (AvgIpc) is 2.41. The van der Waals surface area contributed by atoms with Crippen molar-refractivity contribution in [3.05, 3.63) is 35.4 Å². The number of benzene rings is 1. The summed E-state index contributed by atoms with van der Waals surface area (Å²) in [5.74, 6) is -0.649. The number of carbonyl (C=O) groups excluding carboxylic acids is 1. The first kappa shape index (κ1) is 15.9. The molecule has 21 heavy (non-hydrogen) atoms. The van der Waals surface area contributed by atoms with Crippen molar-refractivity contribution in [1.82, 2.24) is 10.2 Å². The van der Waals surface area contributed by atoms with E-state index in [0.717, 1.165) is 37.9 Å². The molecule has 1 fully saturated rings. The summed E-state index contributed by atoms with van der Waals surface area (Å²) in [4.78, 5) is 14.1. The van der Waals surface area contributed by atoms with Gasteiger partial charge in [-0.3, -0.25) is 9.69 Å². The minimum absolute atomic E-state index is 0.124. The van der Waals surface area contributed by atoms with Crippen LogP contribution in [-0.2, 0) is 4.79 Å². The number of hydrogen-bond acceptors (Lipinski definition) is 2. The lowest BCUT2D eigenvalue weighted by atomic mass is 9.99. The molecule has 1 aromatic rings. The third-order valence-electron chi connectivity index (χ3n) is 4.05. The minimum Gasteiger partial charge on any atom is -0.348 e. The van der Waals surface area contributed by atoms with Crippen LogP contribution in [0.2, 0.25) is 0 Å². The molecular formula is C16H22F2N2O. The number of piperidine rings is 1. The van der Waals surface area contributed by atoms with Crippen LogP contribution in [0, 0.1) is 17.6 Å². The van der Waals surface area contributed by atoms with E-state index in [0.29, 0.717) is 12.1 Å². The highest BCUT2D eigenvalue weighted by Crippen LogP contribution is 2.18. The fraction of sp³-hybridized carbons (Fsp3) is 0.562. The summed E-state index contributed by atoms with van der Waals surface area (Å²) in [7, 11) is 0. The summed E-state index contributed by atoms with van der Waals surface area (Å²) in [5.41, 5.74) is 0.303. The van der Waals surface area contributed by atoms with Gasteiger partial charge in [0.2, 0.25) is 5.91 Å². The van der Waals surface area contributed by atoms with Crippen LogP contribution < -0.4 is 5.32 Å². The van der Waals surface area contributed by atoms with Crippen molar-refractivity contribution in [3.63, 3.8) is 0 Å². The number of rotatable bonds is 4. The van der Waals surface area contributed by atoms with Gasteiger partial charge in [0.25, 0.3) is 0 Å². The van der Waals surface area contributed by atoms with Gasteiger partial charge < -0.3 is 5.32 Å². The van der Waals surface area contributed by atoms with Crippen LogP contribution in [0.25, 0.3) is 0 Å². The van der Waals surface area contributed by atoms with E-state index in [-0.39, 0.29) is 5.91 Å². The maximum atomic E-state index is 13.7. The van der Waals surface area contributed by atoms with E-state index in [1.54, 1.807) is 6.92 Å². The molecule has 0 bridgehead atoms. The van der Waals surface area contributed by atoms with Crippen LogP contribution in [0.1, 0.15) is 38.3 Å². The normalized spacial score (nSPS) is 18.5. The molecule has 3 nitrogen and oxygen atoms in total. The van der Waals surface area contributed by atoms with Crippen LogP contribution in [0.15, 0.2) is 18.2 Å². The second-order valence-electron chi connectivity index (χ2n) is 5.91. The van der Waals surface area contributed by atoms with Crippen LogP contribution in [0.4, 0.5) is 8.78 Å². The molecule has 1 aliphatic heterocycles. The fourth-order valence-corrected chi connectivity index (χ4v) is 2.64. The van der Waals surface area contributed by atoms with Gasteiger partial charge in [0.15, 0.2) is 0 Å². The number of hydrogen-bond donors (Lipinski definition) is 1. The van der Waals surface area contributed by atoms with Crippen molar-refractivity contribution in [3.8, 4) is 0 Å². The van der Waals surface area contributed by atoms with Crippen LogP contribution in [-0.4, -0.2) is 30.4 Å². The molecule has 0 saturated carbocycles. The molecule has 2 rings (SSSR count). The predicted octanol–water partition coefficient (Wildman–Crippen LogP) is 2.87. The Morgan fingerprint density at radius 2 is 2.05 bits per heavy atom. The number of likely N-dealkylation sites (tertiary alicyclic amines) is 1. The third-order valence-corrected chi connectivity index (χ3v) is 4.05. The van der Waals surface area contributed by atoms with E-state index in [1.807, 2.05) is 0 Å². The second-order valence-corrected chi connectivity index (χ2v) is 5.91. The summed E-state index contributed by atoms with van der Waals surface area (Å²) < 4.78 is 26.5. The van der Waals surface area contributed by atoms with Gasteiger partial charge in [0.05, 0.1) is 12.6 Å². The first-order chi connectivity index (χ1) is 9.95. The molecule has 0 aliphatic carbocycles. The lowest BCUT2D eigenvalue weighted by Gasteiger charge is -2.30. The minimum atomic E-state index is -0.630. The molecule has 1 atom stereocenters. The monoisotopic (exact) mass is 296 g/mol. The van der Waals surface area contributed by atoms with Gasteiger partial charge in [-0.15, -0.1) is 0 Å². The Bertz CT molecular complexity index is 499. The molecule has 1 aromatic carbocycles. The van der Waals surface area contributed by atoms with Crippen LogP contribution in [0.5, 0.6) is 0 Å². The van der Waals surface area contributed by atoms with Crippen molar-refractivity contribution < 1.29 is 13.6 Å². The van der Waals surface area contributed by atoms with Gasteiger partial charge in [-0.25, -0.2) is 8.78 Å². The van der Waals surface area contributed by atoms with E-state index in [4.69, 9.17) is 0 Å². The van der Waals surface area contributed by atoms with E-state index in [9.17, 15) is 13.6 Å². The summed E-state index contributed by atoms with van der Waals surface area (Å²) in [5, 5.41) is 2.77. The van der Waals surface area contributed by atoms with E-state index < -0.39 is 17.7 Å². The van der Waals surface area contributed by atoms with Gasteiger partial charge >= 0.3 is 0 Å². The number of carbonyl (C=O) groups is 1. The van der Waals surface area contributed by atoms with Crippen molar-refractivity contribution in [2.24, 2.45) is 5.92 Å². The average molecular weight is 296 g/mol. The Kier molecular flexibility index (Phi) is 5.28. The van der Waals surface area contributed by atoms with Crippen molar-refractivity contribution >= 4 is 5.91 Å². The number of halogens is 2. The Morgan fingerprint density at radius 3 is 2.67 bits per heavy atom. The zero-order chi connectivity index (χ0) is 15.4. The van der Waals surface area contributed by atoms with Crippen LogP contribution in [0.3, 0.4) is 0 Å². The number of nitrogens with one attached hydrogen (secondary N) is 1. The third kappa shape index (κ3) is 4.49. The smallest absolute Gasteiger partial charge is 0.234 e. The first-order valence-corrected chi connectivity index (χ1v) is 7.42. The molecule has 0 spiro atoms. The van der Waals surface area contributed by atoms with Gasteiger partial charge in [0.1, 0.15) is 11.6 Å². The quantitative estimate of drug-likeness (QED) is 0.926. The molecule has 0 radical (unpaired) electrons. The molecular weight excluding hydrogens is 274 g/mol. The maximum Gasteiger partial charge on any atom is 0.234 e. The van der Waals surface area contributed by atoms with Gasteiger partial charge in [-0.1, -0.05) is 13.0 Å². The fourth-order valence-electron chi connectivity index (χ4n) is 2.64. The van der Waals surface area contributed by atoms with Crippen molar-refractivity contribution in [2.75, 3.05) is 19.6 Å².